The van der Waals surface area contributed by atoms with Gasteiger partial charge in [-0.15, -0.1) is 0 Å². The van der Waals surface area contributed by atoms with Gasteiger partial charge in [-0.3, -0.25) is 4.79 Å². The van der Waals surface area contributed by atoms with Crippen LogP contribution in [-0.2, 0) is 0 Å². The molecule has 100 valence electrons. The van der Waals surface area contributed by atoms with Gasteiger partial charge in [-0.25, -0.2) is 0 Å². The first-order valence-corrected chi connectivity index (χ1v) is 6.08. The van der Waals surface area contributed by atoms with Crippen LogP contribution in [0.5, 0.6) is 5.75 Å². The van der Waals surface area contributed by atoms with Gasteiger partial charge in [0.15, 0.2) is 0 Å². The number of benzene rings is 2. The van der Waals surface area contributed by atoms with Crippen LogP contribution in [0.15, 0.2) is 48.5 Å². The number of anilines is 1. The SMILES string of the molecule is COc1ccc(N(C)C(=O)c2cccc(C#N)c2)cc1. The summed E-state index contributed by atoms with van der Waals surface area (Å²) in [4.78, 5) is 13.9. The molecule has 0 unspecified atom stereocenters. The highest BCUT2D eigenvalue weighted by molar-refractivity contribution is 6.05. The Hall–Kier alpha value is -2.80. The van der Waals surface area contributed by atoms with Crippen LogP contribution in [0.1, 0.15) is 15.9 Å². The third kappa shape index (κ3) is 2.78. The Morgan fingerprint density at radius 2 is 1.90 bits per heavy atom. The molecule has 4 nitrogen and oxygen atoms in total. The molecule has 0 saturated heterocycles. The number of rotatable bonds is 3. The molecule has 0 spiro atoms. The molecule has 0 aliphatic rings. The fourth-order valence-electron chi connectivity index (χ4n) is 1.84. The van der Waals surface area contributed by atoms with E-state index in [1.807, 2.05) is 18.2 Å². The maximum Gasteiger partial charge on any atom is 0.258 e. The third-order valence-corrected chi connectivity index (χ3v) is 3.00. The number of hydrogen-bond donors (Lipinski definition) is 0. The molecule has 0 fully saturated rings. The van der Waals surface area contributed by atoms with E-state index >= 15 is 0 Å². The molecule has 2 aromatic rings. The lowest BCUT2D eigenvalue weighted by Crippen LogP contribution is -2.26. The zero-order chi connectivity index (χ0) is 14.5. The smallest absolute Gasteiger partial charge is 0.258 e. The van der Waals surface area contributed by atoms with Crippen LogP contribution in [0.25, 0.3) is 0 Å². The number of carbonyl (C=O) groups excluding carboxylic acids is 1. The molecule has 1 amide bonds. The number of carbonyl (C=O) groups is 1. The first-order chi connectivity index (χ1) is 9.65. The Labute approximate surface area is 117 Å². The number of amides is 1. The zero-order valence-corrected chi connectivity index (χ0v) is 11.3. The average molecular weight is 266 g/mol. The largest absolute Gasteiger partial charge is 0.497 e. The van der Waals surface area contributed by atoms with Crippen molar-refractivity contribution in [1.82, 2.24) is 0 Å². The average Bonchev–Trinajstić information content (AvgIpc) is 2.53. The molecule has 2 aromatic carbocycles. The van der Waals surface area contributed by atoms with E-state index in [1.165, 1.54) is 4.90 Å². The molecule has 0 bridgehead atoms. The summed E-state index contributed by atoms with van der Waals surface area (Å²) in [5, 5.41) is 8.87. The van der Waals surface area contributed by atoms with E-state index < -0.39 is 0 Å². The van der Waals surface area contributed by atoms with Gasteiger partial charge >= 0.3 is 0 Å². The molecular formula is C16H14N2O2. The van der Waals surface area contributed by atoms with E-state index in [2.05, 4.69) is 0 Å². The summed E-state index contributed by atoms with van der Waals surface area (Å²) < 4.78 is 5.08. The molecule has 0 atom stereocenters. The molecule has 0 aromatic heterocycles. The highest BCUT2D eigenvalue weighted by Gasteiger charge is 2.13. The van der Waals surface area contributed by atoms with Crippen molar-refractivity contribution in [3.63, 3.8) is 0 Å². The summed E-state index contributed by atoms with van der Waals surface area (Å²) in [5.41, 5.74) is 1.72. The predicted octanol–water partition coefficient (Wildman–Crippen LogP) is 2.84. The van der Waals surface area contributed by atoms with Crippen LogP contribution in [0.4, 0.5) is 5.69 Å². The first-order valence-electron chi connectivity index (χ1n) is 6.08. The summed E-state index contributed by atoms with van der Waals surface area (Å²) in [7, 11) is 3.29. The van der Waals surface area contributed by atoms with Gasteiger partial charge in [0.25, 0.3) is 5.91 Å². The second-order valence-corrected chi connectivity index (χ2v) is 4.25. The monoisotopic (exact) mass is 266 g/mol. The Kier molecular flexibility index (Phi) is 4.02. The normalized spacial score (nSPS) is 9.65. The van der Waals surface area contributed by atoms with Crippen LogP contribution in [-0.4, -0.2) is 20.1 Å². The number of nitriles is 1. The number of methoxy groups -OCH3 is 1. The Morgan fingerprint density at radius 3 is 2.50 bits per heavy atom. The van der Waals surface area contributed by atoms with E-state index in [0.717, 1.165) is 11.4 Å². The van der Waals surface area contributed by atoms with Crippen molar-refractivity contribution in [2.45, 2.75) is 0 Å². The van der Waals surface area contributed by atoms with Crippen molar-refractivity contribution in [1.29, 1.82) is 5.26 Å². The molecule has 0 saturated carbocycles. The van der Waals surface area contributed by atoms with Gasteiger partial charge < -0.3 is 9.64 Å². The Bertz CT molecular complexity index is 657. The highest BCUT2D eigenvalue weighted by Crippen LogP contribution is 2.20. The number of hydrogen-bond acceptors (Lipinski definition) is 3. The van der Waals surface area contributed by atoms with Crippen LogP contribution >= 0.6 is 0 Å². The van der Waals surface area contributed by atoms with Gasteiger partial charge in [-0.1, -0.05) is 6.07 Å². The lowest BCUT2D eigenvalue weighted by molar-refractivity contribution is 0.0993. The minimum atomic E-state index is -0.160. The summed E-state index contributed by atoms with van der Waals surface area (Å²) in [6, 6.07) is 15.9. The Balaban J connectivity index is 2.25. The quantitative estimate of drug-likeness (QED) is 0.858. The molecule has 0 heterocycles. The molecule has 0 aliphatic carbocycles. The maximum absolute atomic E-state index is 12.4. The number of ether oxygens (including phenoxy) is 1. The fourth-order valence-corrected chi connectivity index (χ4v) is 1.84. The van der Waals surface area contributed by atoms with Crippen molar-refractivity contribution in [3.05, 3.63) is 59.7 Å². The van der Waals surface area contributed by atoms with Gasteiger partial charge in [-0.05, 0) is 42.5 Å². The van der Waals surface area contributed by atoms with E-state index in [1.54, 1.807) is 50.6 Å². The maximum atomic E-state index is 12.4. The van der Waals surface area contributed by atoms with Crippen molar-refractivity contribution in [3.8, 4) is 11.8 Å². The summed E-state index contributed by atoms with van der Waals surface area (Å²) in [6.45, 7) is 0. The first kappa shape index (κ1) is 13.6. The minimum absolute atomic E-state index is 0.160. The minimum Gasteiger partial charge on any atom is -0.497 e. The third-order valence-electron chi connectivity index (χ3n) is 3.00. The molecule has 2 rings (SSSR count). The standard InChI is InChI=1S/C16H14N2O2/c1-18(14-6-8-15(20-2)9-7-14)16(19)13-5-3-4-12(10-13)11-17/h3-10H,1-2H3. The summed E-state index contributed by atoms with van der Waals surface area (Å²) in [6.07, 6.45) is 0. The van der Waals surface area contributed by atoms with Crippen LogP contribution in [0.3, 0.4) is 0 Å². The van der Waals surface area contributed by atoms with Gasteiger partial charge in [0.05, 0.1) is 18.7 Å². The molecule has 0 aliphatic heterocycles. The lowest BCUT2D eigenvalue weighted by Gasteiger charge is -2.17. The molecular weight excluding hydrogens is 252 g/mol. The molecule has 0 radical (unpaired) electrons. The van der Waals surface area contributed by atoms with Crippen LogP contribution in [0.2, 0.25) is 0 Å². The second-order valence-electron chi connectivity index (χ2n) is 4.25. The van der Waals surface area contributed by atoms with Crippen LogP contribution in [0, 0.1) is 11.3 Å². The van der Waals surface area contributed by atoms with Crippen molar-refractivity contribution < 1.29 is 9.53 Å². The fraction of sp³-hybridized carbons (Fsp3) is 0.125. The van der Waals surface area contributed by atoms with E-state index in [4.69, 9.17) is 10.00 Å². The van der Waals surface area contributed by atoms with Crippen molar-refractivity contribution in [2.24, 2.45) is 0 Å². The number of nitrogens with zero attached hydrogens (tertiary/aromatic N) is 2. The van der Waals surface area contributed by atoms with E-state index in [0.29, 0.717) is 11.1 Å². The topological polar surface area (TPSA) is 53.3 Å². The molecule has 20 heavy (non-hydrogen) atoms. The highest BCUT2D eigenvalue weighted by atomic mass is 16.5. The van der Waals surface area contributed by atoms with E-state index in [-0.39, 0.29) is 5.91 Å². The summed E-state index contributed by atoms with van der Waals surface area (Å²) >= 11 is 0. The summed E-state index contributed by atoms with van der Waals surface area (Å²) in [5.74, 6) is 0.577. The molecule has 0 N–H and O–H groups in total. The van der Waals surface area contributed by atoms with Gasteiger partial charge in [0.1, 0.15) is 5.75 Å². The lowest BCUT2D eigenvalue weighted by atomic mass is 10.1. The van der Waals surface area contributed by atoms with E-state index in [9.17, 15) is 4.79 Å². The van der Waals surface area contributed by atoms with Crippen molar-refractivity contribution in [2.75, 3.05) is 19.1 Å². The zero-order valence-electron chi connectivity index (χ0n) is 11.3. The second kappa shape index (κ2) is 5.89. The van der Waals surface area contributed by atoms with Gasteiger partial charge in [-0.2, -0.15) is 5.26 Å². The Morgan fingerprint density at radius 1 is 1.20 bits per heavy atom. The van der Waals surface area contributed by atoms with Gasteiger partial charge in [0.2, 0.25) is 0 Å². The van der Waals surface area contributed by atoms with Gasteiger partial charge in [0, 0.05) is 18.3 Å². The van der Waals surface area contributed by atoms with Crippen molar-refractivity contribution >= 4 is 11.6 Å². The van der Waals surface area contributed by atoms with Crippen LogP contribution < -0.4 is 9.64 Å². The molecule has 4 heteroatoms. The predicted molar refractivity (Wildman–Crippen MR) is 76.9 cm³/mol.